The van der Waals surface area contributed by atoms with Crippen molar-refractivity contribution in [2.24, 2.45) is 0 Å². The van der Waals surface area contributed by atoms with Gasteiger partial charge in [-0.25, -0.2) is 0 Å². The minimum Gasteiger partial charge on any atom is -0.380 e. The van der Waals surface area contributed by atoms with E-state index in [1.165, 1.54) is 0 Å². The molecule has 0 aliphatic carbocycles. The molecule has 0 radical (unpaired) electrons. The normalized spacial score (nSPS) is 31.5. The smallest absolute Gasteiger partial charge is 0.0720 e. The maximum Gasteiger partial charge on any atom is 0.0720 e. The van der Waals surface area contributed by atoms with Crippen LogP contribution in [0.15, 0.2) is 0 Å². The molecule has 1 aliphatic heterocycles. The Morgan fingerprint density at radius 3 is 2.75 bits per heavy atom. The zero-order valence-corrected chi connectivity index (χ0v) is 5.90. The van der Waals surface area contributed by atoms with E-state index in [4.69, 9.17) is 4.74 Å². The summed E-state index contributed by atoms with van der Waals surface area (Å²) in [5.41, 5.74) is 0. The average Bonchev–Trinajstić information content (AvgIpc) is 2.14. The molecule has 0 N–H and O–H groups in total. The molecular weight excluding hydrogens is 122 g/mol. The van der Waals surface area contributed by atoms with E-state index in [0.717, 1.165) is 19.5 Å². The summed E-state index contributed by atoms with van der Waals surface area (Å²) in [6.45, 7) is 2.03. The minimum absolute atomic E-state index is 0.424. The second-order valence-corrected chi connectivity index (χ2v) is 2.62. The van der Waals surface area contributed by atoms with E-state index in [-0.39, 0.29) is 0 Å². The summed E-state index contributed by atoms with van der Waals surface area (Å²) in [5, 5.41) is 0. The van der Waals surface area contributed by atoms with Crippen molar-refractivity contribution in [2.45, 2.75) is 12.5 Å². The van der Waals surface area contributed by atoms with Crippen molar-refractivity contribution in [2.75, 3.05) is 20.2 Å². The van der Waals surface area contributed by atoms with Crippen molar-refractivity contribution >= 4 is 12.8 Å². The SMILES string of the molecule is CO[C@H]1CCN(S)C1. The van der Waals surface area contributed by atoms with Gasteiger partial charge >= 0.3 is 0 Å². The zero-order chi connectivity index (χ0) is 5.98. The van der Waals surface area contributed by atoms with Crippen molar-refractivity contribution in [1.29, 1.82) is 0 Å². The fourth-order valence-electron chi connectivity index (χ4n) is 0.903. The van der Waals surface area contributed by atoms with Gasteiger partial charge in [-0.3, -0.25) is 4.31 Å². The van der Waals surface area contributed by atoms with Gasteiger partial charge in [-0.2, -0.15) is 0 Å². The number of rotatable bonds is 1. The van der Waals surface area contributed by atoms with Gasteiger partial charge in [0.1, 0.15) is 0 Å². The Hall–Kier alpha value is 0.270. The van der Waals surface area contributed by atoms with Crippen molar-refractivity contribution < 1.29 is 4.74 Å². The Kier molecular flexibility index (Phi) is 2.16. The van der Waals surface area contributed by atoms with Crippen molar-refractivity contribution in [3.8, 4) is 0 Å². The van der Waals surface area contributed by atoms with Crippen molar-refractivity contribution in [1.82, 2.24) is 4.31 Å². The van der Waals surface area contributed by atoms with Gasteiger partial charge < -0.3 is 4.74 Å². The van der Waals surface area contributed by atoms with Crippen LogP contribution in [-0.2, 0) is 4.74 Å². The van der Waals surface area contributed by atoms with Gasteiger partial charge in [0.05, 0.1) is 6.10 Å². The molecule has 0 bridgehead atoms. The lowest BCUT2D eigenvalue weighted by Crippen LogP contribution is -2.13. The van der Waals surface area contributed by atoms with E-state index in [1.54, 1.807) is 7.11 Å². The predicted octanol–water partition coefficient (Wildman–Crippen LogP) is 0.552. The summed E-state index contributed by atoms with van der Waals surface area (Å²) in [6, 6.07) is 0. The van der Waals surface area contributed by atoms with Crippen LogP contribution in [0.2, 0.25) is 0 Å². The summed E-state index contributed by atoms with van der Waals surface area (Å²) < 4.78 is 7.07. The van der Waals surface area contributed by atoms with Crippen LogP contribution in [0.5, 0.6) is 0 Å². The second kappa shape index (κ2) is 2.71. The van der Waals surface area contributed by atoms with Crippen LogP contribution in [0, 0.1) is 0 Å². The summed E-state index contributed by atoms with van der Waals surface area (Å²) in [5.74, 6) is 0. The third-order valence-corrected chi connectivity index (χ3v) is 1.82. The number of thiol groups is 1. The van der Waals surface area contributed by atoms with Gasteiger partial charge in [0.15, 0.2) is 0 Å². The predicted molar refractivity (Wildman–Crippen MR) is 36.0 cm³/mol. The third kappa shape index (κ3) is 1.37. The molecule has 0 aromatic carbocycles. The zero-order valence-electron chi connectivity index (χ0n) is 5.00. The van der Waals surface area contributed by atoms with Gasteiger partial charge in [-0.05, 0) is 6.42 Å². The first kappa shape index (κ1) is 6.39. The Labute approximate surface area is 55.4 Å². The molecule has 0 aromatic heterocycles. The maximum absolute atomic E-state index is 5.09. The fraction of sp³-hybridized carbons (Fsp3) is 1.00. The molecule has 0 spiro atoms. The van der Waals surface area contributed by atoms with Gasteiger partial charge in [0, 0.05) is 20.2 Å². The molecule has 8 heavy (non-hydrogen) atoms. The fourth-order valence-corrected chi connectivity index (χ4v) is 1.20. The van der Waals surface area contributed by atoms with Crippen LogP contribution in [0.25, 0.3) is 0 Å². The van der Waals surface area contributed by atoms with Crippen LogP contribution in [0.4, 0.5) is 0 Å². The maximum atomic E-state index is 5.09. The monoisotopic (exact) mass is 133 g/mol. The van der Waals surface area contributed by atoms with Gasteiger partial charge in [-0.1, -0.05) is 12.8 Å². The molecule has 1 fully saturated rings. The molecule has 0 unspecified atom stereocenters. The first-order valence-corrected chi connectivity index (χ1v) is 3.19. The lowest BCUT2D eigenvalue weighted by atomic mass is 10.3. The number of nitrogens with zero attached hydrogens (tertiary/aromatic N) is 1. The highest BCUT2D eigenvalue weighted by molar-refractivity contribution is 7.77. The molecule has 2 nitrogen and oxygen atoms in total. The Morgan fingerprint density at radius 1 is 1.75 bits per heavy atom. The largest absolute Gasteiger partial charge is 0.380 e. The van der Waals surface area contributed by atoms with E-state index in [0.29, 0.717) is 6.10 Å². The minimum atomic E-state index is 0.424. The molecule has 3 heteroatoms. The quantitative estimate of drug-likeness (QED) is 0.524. The second-order valence-electron chi connectivity index (χ2n) is 2.06. The summed E-state index contributed by atoms with van der Waals surface area (Å²) in [4.78, 5) is 0. The van der Waals surface area contributed by atoms with E-state index in [2.05, 4.69) is 12.8 Å². The van der Waals surface area contributed by atoms with Crippen molar-refractivity contribution in [3.05, 3.63) is 0 Å². The highest BCUT2D eigenvalue weighted by Crippen LogP contribution is 2.12. The van der Waals surface area contributed by atoms with Crippen LogP contribution in [0.1, 0.15) is 6.42 Å². The highest BCUT2D eigenvalue weighted by Gasteiger charge is 2.18. The Bertz CT molecular complexity index is 78.8. The summed E-state index contributed by atoms with van der Waals surface area (Å²) >= 11 is 4.16. The number of methoxy groups -OCH3 is 1. The van der Waals surface area contributed by atoms with E-state index in [1.807, 2.05) is 4.31 Å². The van der Waals surface area contributed by atoms with E-state index >= 15 is 0 Å². The molecule has 1 saturated heterocycles. The average molecular weight is 133 g/mol. The topological polar surface area (TPSA) is 12.5 Å². The van der Waals surface area contributed by atoms with Gasteiger partial charge in [-0.15, -0.1) is 0 Å². The molecule has 1 rings (SSSR count). The lowest BCUT2D eigenvalue weighted by molar-refractivity contribution is 0.116. The first-order valence-electron chi connectivity index (χ1n) is 2.79. The molecule has 0 amide bonds. The molecule has 48 valence electrons. The van der Waals surface area contributed by atoms with Crippen LogP contribution in [-0.4, -0.2) is 30.6 Å². The van der Waals surface area contributed by atoms with E-state index in [9.17, 15) is 0 Å². The Balaban J connectivity index is 2.22. The number of hydrogen-bond donors (Lipinski definition) is 1. The Morgan fingerprint density at radius 2 is 2.50 bits per heavy atom. The molecule has 0 saturated carbocycles. The summed E-state index contributed by atoms with van der Waals surface area (Å²) in [6.07, 6.45) is 1.55. The molecule has 1 aliphatic rings. The molecule has 1 heterocycles. The summed E-state index contributed by atoms with van der Waals surface area (Å²) in [7, 11) is 1.75. The van der Waals surface area contributed by atoms with Crippen LogP contribution in [0.3, 0.4) is 0 Å². The first-order chi connectivity index (χ1) is 3.83. The number of hydrogen-bond acceptors (Lipinski definition) is 3. The van der Waals surface area contributed by atoms with E-state index < -0.39 is 0 Å². The molecule has 1 atom stereocenters. The van der Waals surface area contributed by atoms with Crippen LogP contribution < -0.4 is 0 Å². The lowest BCUT2D eigenvalue weighted by Gasteiger charge is -2.05. The standard InChI is InChI=1S/C5H11NOS/c1-7-5-2-3-6(8)4-5/h5,8H,2-4H2,1H3/t5-/m0/s1. The van der Waals surface area contributed by atoms with Crippen molar-refractivity contribution in [3.63, 3.8) is 0 Å². The number of ether oxygens (including phenoxy) is 1. The van der Waals surface area contributed by atoms with Gasteiger partial charge in [0.25, 0.3) is 0 Å². The van der Waals surface area contributed by atoms with Gasteiger partial charge in [0.2, 0.25) is 0 Å². The molecular formula is C5H11NOS. The molecule has 0 aromatic rings. The van der Waals surface area contributed by atoms with Crippen LogP contribution >= 0.6 is 12.8 Å². The highest BCUT2D eigenvalue weighted by atomic mass is 32.1. The third-order valence-electron chi connectivity index (χ3n) is 1.46.